The predicted molar refractivity (Wildman–Crippen MR) is 104 cm³/mol. The number of piperidine rings is 1. The molecule has 0 aliphatic carbocycles. The normalized spacial score (nSPS) is 19.2. The van der Waals surface area contributed by atoms with Gasteiger partial charge in [0.15, 0.2) is 5.13 Å². The molecule has 26 heavy (non-hydrogen) atoms. The molecule has 2 fully saturated rings. The first-order valence-corrected chi connectivity index (χ1v) is 10.2. The lowest BCUT2D eigenvalue weighted by atomic mass is 10.1. The molecule has 2 aliphatic rings. The molecule has 1 amide bonds. The van der Waals surface area contributed by atoms with Gasteiger partial charge in [0, 0.05) is 56.8 Å². The maximum absolute atomic E-state index is 11.3. The molecule has 0 spiro atoms. The van der Waals surface area contributed by atoms with Crippen molar-refractivity contribution in [2.24, 2.45) is 0 Å². The molecule has 7 nitrogen and oxygen atoms in total. The standard InChI is InChI=1S/C18H26N6OS/c1-14(25)21-17-4-7-20-24(17)15-5-10-22(11-6-15)13-16-12-19-18(26-16)23-8-2-3-9-23/h4,7,12,15H,2-3,5-6,8-11,13H2,1H3,(H,21,25). The van der Waals surface area contributed by atoms with Gasteiger partial charge in [-0.15, -0.1) is 11.3 Å². The Balaban J connectivity index is 1.31. The lowest BCUT2D eigenvalue weighted by Crippen LogP contribution is -2.34. The summed E-state index contributed by atoms with van der Waals surface area (Å²) in [6.45, 7) is 6.90. The second-order valence-electron chi connectivity index (χ2n) is 7.15. The SMILES string of the molecule is CC(=O)Nc1ccnn1C1CCN(Cc2cnc(N3CCCC3)s2)CC1. The molecule has 2 aromatic rings. The van der Waals surface area contributed by atoms with Crippen molar-refractivity contribution in [2.75, 3.05) is 36.4 Å². The molecule has 140 valence electrons. The van der Waals surface area contributed by atoms with Gasteiger partial charge < -0.3 is 10.2 Å². The smallest absolute Gasteiger partial charge is 0.222 e. The van der Waals surface area contributed by atoms with E-state index in [4.69, 9.17) is 0 Å². The predicted octanol–water partition coefficient (Wildman–Crippen LogP) is 2.74. The molecule has 4 rings (SSSR count). The van der Waals surface area contributed by atoms with Gasteiger partial charge in [0.1, 0.15) is 5.82 Å². The van der Waals surface area contributed by atoms with Gasteiger partial charge in [0.2, 0.25) is 5.91 Å². The Kier molecular flexibility index (Phi) is 5.21. The Bertz CT molecular complexity index is 742. The summed E-state index contributed by atoms with van der Waals surface area (Å²) in [5.41, 5.74) is 0. The van der Waals surface area contributed by atoms with E-state index in [1.165, 1.54) is 29.8 Å². The van der Waals surface area contributed by atoms with Crippen LogP contribution < -0.4 is 10.2 Å². The number of carbonyl (C=O) groups is 1. The van der Waals surface area contributed by atoms with Crippen molar-refractivity contribution in [2.45, 2.75) is 45.2 Å². The quantitative estimate of drug-likeness (QED) is 0.872. The Morgan fingerprint density at radius 2 is 2.04 bits per heavy atom. The number of hydrogen-bond acceptors (Lipinski definition) is 6. The highest BCUT2D eigenvalue weighted by Crippen LogP contribution is 2.29. The monoisotopic (exact) mass is 374 g/mol. The minimum absolute atomic E-state index is 0.0526. The highest BCUT2D eigenvalue weighted by molar-refractivity contribution is 7.15. The summed E-state index contributed by atoms with van der Waals surface area (Å²) in [7, 11) is 0. The van der Waals surface area contributed by atoms with E-state index >= 15 is 0 Å². The third-order valence-electron chi connectivity index (χ3n) is 5.17. The van der Waals surface area contributed by atoms with Crippen molar-refractivity contribution < 1.29 is 4.79 Å². The van der Waals surface area contributed by atoms with Crippen LogP contribution in [0.4, 0.5) is 10.9 Å². The number of amides is 1. The summed E-state index contributed by atoms with van der Waals surface area (Å²) < 4.78 is 1.97. The fraction of sp³-hybridized carbons (Fsp3) is 0.611. The zero-order valence-corrected chi connectivity index (χ0v) is 16.0. The molecule has 1 N–H and O–H groups in total. The molecule has 8 heteroatoms. The molecule has 0 aromatic carbocycles. The van der Waals surface area contributed by atoms with E-state index < -0.39 is 0 Å². The molecule has 0 bridgehead atoms. The van der Waals surface area contributed by atoms with Crippen LogP contribution in [0, 0.1) is 0 Å². The number of nitrogens with one attached hydrogen (secondary N) is 1. The lowest BCUT2D eigenvalue weighted by molar-refractivity contribution is -0.114. The molecule has 0 unspecified atom stereocenters. The van der Waals surface area contributed by atoms with E-state index in [2.05, 4.69) is 25.2 Å². The minimum Gasteiger partial charge on any atom is -0.348 e. The summed E-state index contributed by atoms with van der Waals surface area (Å²) in [4.78, 5) is 22.2. The van der Waals surface area contributed by atoms with Crippen LogP contribution in [0.1, 0.15) is 43.5 Å². The molecular weight excluding hydrogens is 348 g/mol. The van der Waals surface area contributed by atoms with E-state index in [1.807, 2.05) is 28.3 Å². The Morgan fingerprint density at radius 3 is 2.77 bits per heavy atom. The number of likely N-dealkylation sites (tertiary alicyclic amines) is 1. The van der Waals surface area contributed by atoms with Crippen molar-refractivity contribution in [1.82, 2.24) is 19.7 Å². The Morgan fingerprint density at radius 1 is 1.27 bits per heavy atom. The summed E-state index contributed by atoms with van der Waals surface area (Å²) >= 11 is 1.84. The van der Waals surface area contributed by atoms with Crippen molar-refractivity contribution in [1.29, 1.82) is 0 Å². The number of aromatic nitrogens is 3. The average Bonchev–Trinajstić information content (AvgIpc) is 3.36. The Hall–Kier alpha value is -1.93. The molecule has 0 radical (unpaired) electrons. The van der Waals surface area contributed by atoms with Gasteiger partial charge in [-0.1, -0.05) is 0 Å². The first kappa shape index (κ1) is 17.5. The van der Waals surface area contributed by atoms with E-state index in [-0.39, 0.29) is 5.91 Å². The molecule has 2 aromatic heterocycles. The van der Waals surface area contributed by atoms with E-state index in [0.717, 1.165) is 51.4 Å². The summed E-state index contributed by atoms with van der Waals surface area (Å²) in [6.07, 6.45) is 8.48. The van der Waals surface area contributed by atoms with Crippen molar-refractivity contribution >= 4 is 28.2 Å². The van der Waals surface area contributed by atoms with Gasteiger partial charge >= 0.3 is 0 Å². The lowest BCUT2D eigenvalue weighted by Gasteiger charge is -2.32. The molecule has 4 heterocycles. The van der Waals surface area contributed by atoms with E-state index in [0.29, 0.717) is 6.04 Å². The van der Waals surface area contributed by atoms with Crippen LogP contribution >= 0.6 is 11.3 Å². The summed E-state index contributed by atoms with van der Waals surface area (Å²) in [5, 5.41) is 8.47. The molecule has 2 aliphatic heterocycles. The van der Waals surface area contributed by atoms with Crippen LogP contribution in [0.2, 0.25) is 0 Å². The summed E-state index contributed by atoms with van der Waals surface area (Å²) in [6, 6.07) is 2.22. The van der Waals surface area contributed by atoms with E-state index in [1.54, 1.807) is 6.20 Å². The number of carbonyl (C=O) groups excluding carboxylic acids is 1. The number of rotatable bonds is 5. The van der Waals surface area contributed by atoms with Gasteiger partial charge in [-0.2, -0.15) is 5.10 Å². The topological polar surface area (TPSA) is 66.3 Å². The molecular formula is C18H26N6OS. The number of hydrogen-bond donors (Lipinski definition) is 1. The Labute approximate surface area is 158 Å². The van der Waals surface area contributed by atoms with Crippen molar-refractivity contribution in [3.05, 3.63) is 23.3 Å². The number of thiazole rings is 1. The largest absolute Gasteiger partial charge is 0.348 e. The average molecular weight is 375 g/mol. The first-order valence-electron chi connectivity index (χ1n) is 9.42. The zero-order valence-electron chi connectivity index (χ0n) is 15.2. The van der Waals surface area contributed by atoms with Gasteiger partial charge in [-0.25, -0.2) is 9.67 Å². The third-order valence-corrected chi connectivity index (χ3v) is 6.22. The second kappa shape index (κ2) is 7.75. The van der Waals surface area contributed by atoms with Crippen molar-refractivity contribution in [3.8, 4) is 0 Å². The van der Waals surface area contributed by atoms with Crippen LogP contribution in [0.5, 0.6) is 0 Å². The fourth-order valence-electron chi connectivity index (χ4n) is 3.85. The maximum Gasteiger partial charge on any atom is 0.222 e. The minimum atomic E-state index is -0.0526. The van der Waals surface area contributed by atoms with Gasteiger partial charge in [-0.3, -0.25) is 9.69 Å². The van der Waals surface area contributed by atoms with Crippen LogP contribution in [0.3, 0.4) is 0 Å². The van der Waals surface area contributed by atoms with Crippen LogP contribution in [-0.4, -0.2) is 51.8 Å². The highest BCUT2D eigenvalue weighted by Gasteiger charge is 2.24. The van der Waals surface area contributed by atoms with E-state index in [9.17, 15) is 4.79 Å². The first-order chi connectivity index (χ1) is 12.7. The maximum atomic E-state index is 11.3. The number of nitrogens with zero attached hydrogens (tertiary/aromatic N) is 5. The summed E-state index contributed by atoms with van der Waals surface area (Å²) in [5.74, 6) is 0.747. The van der Waals surface area contributed by atoms with Crippen LogP contribution in [-0.2, 0) is 11.3 Å². The second-order valence-corrected chi connectivity index (χ2v) is 8.25. The van der Waals surface area contributed by atoms with Crippen LogP contribution in [0.15, 0.2) is 18.5 Å². The molecule has 2 saturated heterocycles. The van der Waals surface area contributed by atoms with Crippen LogP contribution in [0.25, 0.3) is 0 Å². The molecule has 0 saturated carbocycles. The number of anilines is 2. The van der Waals surface area contributed by atoms with Gasteiger partial charge in [-0.05, 0) is 25.7 Å². The van der Waals surface area contributed by atoms with Gasteiger partial charge in [0.05, 0.1) is 12.2 Å². The zero-order chi connectivity index (χ0) is 17.9. The highest BCUT2D eigenvalue weighted by atomic mass is 32.1. The molecule has 0 atom stereocenters. The third kappa shape index (κ3) is 3.91. The fourth-order valence-corrected chi connectivity index (χ4v) is 4.86. The van der Waals surface area contributed by atoms with Crippen molar-refractivity contribution in [3.63, 3.8) is 0 Å². The van der Waals surface area contributed by atoms with Gasteiger partial charge in [0.25, 0.3) is 0 Å².